The first kappa shape index (κ1) is 23.4. The number of rotatable bonds is 8. The lowest BCUT2D eigenvalue weighted by atomic mass is 10.0. The van der Waals surface area contributed by atoms with E-state index in [2.05, 4.69) is 20.3 Å². The van der Waals surface area contributed by atoms with Gasteiger partial charge in [0.25, 0.3) is 11.8 Å². The van der Waals surface area contributed by atoms with E-state index in [1.807, 2.05) is 0 Å². The van der Waals surface area contributed by atoms with Gasteiger partial charge in [-0.15, -0.1) is 23.1 Å². The molecule has 3 rings (SSSR count). The SMILES string of the molecule is CC(=O)OCC1=C(C(=O)O)N2C(=O)C(NC(=O)/C(=N/OC(F)F)c3csc(N)n3)[C@H]2SC1. The molecule has 16 heteroatoms. The van der Waals surface area contributed by atoms with E-state index in [1.54, 1.807) is 0 Å². The molecule has 0 aromatic carbocycles. The molecule has 1 aromatic rings. The van der Waals surface area contributed by atoms with Crippen LogP contribution in [-0.2, 0) is 28.8 Å². The highest BCUT2D eigenvalue weighted by molar-refractivity contribution is 8.00. The number of hydrogen-bond donors (Lipinski definition) is 3. The third-order valence-electron chi connectivity index (χ3n) is 4.19. The Labute approximate surface area is 186 Å². The summed E-state index contributed by atoms with van der Waals surface area (Å²) in [7, 11) is 0. The van der Waals surface area contributed by atoms with Crippen molar-refractivity contribution in [2.75, 3.05) is 18.1 Å². The second kappa shape index (κ2) is 9.47. The summed E-state index contributed by atoms with van der Waals surface area (Å²) in [5.41, 5.74) is 4.61. The molecule has 1 aromatic heterocycles. The summed E-state index contributed by atoms with van der Waals surface area (Å²) < 4.78 is 29.7. The number of nitrogens with two attached hydrogens (primary N) is 1. The first-order valence-corrected chi connectivity index (χ1v) is 10.6. The number of hydrogen-bond acceptors (Lipinski definition) is 11. The van der Waals surface area contributed by atoms with Crippen LogP contribution in [0.5, 0.6) is 0 Å². The van der Waals surface area contributed by atoms with Gasteiger partial charge in [0.1, 0.15) is 29.4 Å². The average molecular weight is 491 g/mol. The number of thioether (sulfide) groups is 1. The van der Waals surface area contributed by atoms with Gasteiger partial charge < -0.3 is 25.7 Å². The van der Waals surface area contributed by atoms with Gasteiger partial charge in [-0.25, -0.2) is 9.78 Å². The van der Waals surface area contributed by atoms with Crippen LogP contribution in [0.15, 0.2) is 21.8 Å². The molecule has 0 radical (unpaired) electrons. The van der Waals surface area contributed by atoms with Crippen molar-refractivity contribution in [1.29, 1.82) is 0 Å². The molecule has 4 N–H and O–H groups in total. The number of aliphatic carboxylic acids is 1. The predicted octanol–water partition coefficient (Wildman–Crippen LogP) is -0.0297. The Morgan fingerprint density at radius 1 is 1.47 bits per heavy atom. The van der Waals surface area contributed by atoms with E-state index in [4.69, 9.17) is 10.5 Å². The first-order valence-electron chi connectivity index (χ1n) is 8.67. The Balaban J connectivity index is 1.78. The molecule has 172 valence electrons. The Hall–Kier alpha value is -3.27. The molecule has 2 atom stereocenters. The van der Waals surface area contributed by atoms with Crippen LogP contribution in [0, 0.1) is 0 Å². The topological polar surface area (TPSA) is 174 Å². The van der Waals surface area contributed by atoms with E-state index < -0.39 is 47.5 Å². The van der Waals surface area contributed by atoms with Gasteiger partial charge in [-0.1, -0.05) is 5.16 Å². The first-order chi connectivity index (χ1) is 15.1. The van der Waals surface area contributed by atoms with Crippen LogP contribution in [0.25, 0.3) is 0 Å². The quantitative estimate of drug-likeness (QED) is 0.194. The minimum absolute atomic E-state index is 0.0443. The van der Waals surface area contributed by atoms with Crippen molar-refractivity contribution < 1.29 is 42.6 Å². The number of β-lactam (4-membered cyclic amide) rings is 1. The minimum atomic E-state index is -3.30. The van der Waals surface area contributed by atoms with Gasteiger partial charge >= 0.3 is 18.6 Å². The number of esters is 1. The van der Waals surface area contributed by atoms with Gasteiger partial charge in [-0.3, -0.25) is 19.3 Å². The molecule has 32 heavy (non-hydrogen) atoms. The van der Waals surface area contributed by atoms with E-state index in [0.717, 1.165) is 34.9 Å². The van der Waals surface area contributed by atoms with Crippen LogP contribution in [-0.4, -0.2) is 74.8 Å². The second-order valence-electron chi connectivity index (χ2n) is 6.28. The number of thiazole rings is 1. The van der Waals surface area contributed by atoms with Crippen LogP contribution in [0.4, 0.5) is 13.9 Å². The number of aromatic nitrogens is 1. The predicted molar refractivity (Wildman–Crippen MR) is 106 cm³/mol. The number of amides is 2. The molecule has 0 spiro atoms. The van der Waals surface area contributed by atoms with Crippen molar-refractivity contribution in [3.8, 4) is 0 Å². The highest BCUT2D eigenvalue weighted by Crippen LogP contribution is 2.40. The number of carboxylic acid groups (broad SMARTS) is 1. The van der Waals surface area contributed by atoms with Crippen LogP contribution >= 0.6 is 23.1 Å². The molecule has 0 bridgehead atoms. The van der Waals surface area contributed by atoms with E-state index in [-0.39, 0.29) is 34.5 Å². The Bertz CT molecular complexity index is 1030. The summed E-state index contributed by atoms with van der Waals surface area (Å²) in [6.07, 6.45) is 0. The summed E-state index contributed by atoms with van der Waals surface area (Å²) in [6.45, 7) is -2.44. The number of alkyl halides is 2. The maximum absolute atomic E-state index is 12.6. The number of nitrogens with zero attached hydrogens (tertiary/aromatic N) is 3. The van der Waals surface area contributed by atoms with Crippen molar-refractivity contribution in [2.45, 2.75) is 25.0 Å². The van der Waals surface area contributed by atoms with Gasteiger partial charge in [-0.2, -0.15) is 8.78 Å². The van der Waals surface area contributed by atoms with Crippen LogP contribution in [0.1, 0.15) is 12.6 Å². The van der Waals surface area contributed by atoms with Crippen molar-refractivity contribution >= 4 is 57.7 Å². The van der Waals surface area contributed by atoms with Crippen molar-refractivity contribution in [3.05, 3.63) is 22.3 Å². The molecule has 0 aliphatic carbocycles. The number of halogens is 2. The van der Waals surface area contributed by atoms with Crippen molar-refractivity contribution in [2.24, 2.45) is 5.16 Å². The van der Waals surface area contributed by atoms with Gasteiger partial charge in [0.15, 0.2) is 10.8 Å². The molecule has 2 amide bonds. The fraction of sp³-hybridized carbons (Fsp3) is 0.375. The zero-order valence-electron chi connectivity index (χ0n) is 16.1. The summed E-state index contributed by atoms with van der Waals surface area (Å²) in [4.78, 5) is 56.6. The number of ether oxygens (including phenoxy) is 1. The number of oxime groups is 1. The normalized spacial score (nSPS) is 20.6. The van der Waals surface area contributed by atoms with Crippen molar-refractivity contribution in [3.63, 3.8) is 0 Å². The smallest absolute Gasteiger partial charge is 0.407 e. The van der Waals surface area contributed by atoms with Crippen molar-refractivity contribution in [1.82, 2.24) is 15.2 Å². The summed E-state index contributed by atoms with van der Waals surface area (Å²) in [5.74, 6) is -3.69. The average Bonchev–Trinajstić information content (AvgIpc) is 3.15. The number of fused-ring (bicyclic) bond motifs is 1. The lowest BCUT2D eigenvalue weighted by Crippen LogP contribution is -2.71. The zero-order valence-corrected chi connectivity index (χ0v) is 17.7. The van der Waals surface area contributed by atoms with E-state index in [1.165, 1.54) is 5.38 Å². The minimum Gasteiger partial charge on any atom is -0.477 e. The molecule has 3 heterocycles. The number of carboxylic acids is 1. The monoisotopic (exact) mass is 491 g/mol. The van der Waals surface area contributed by atoms with Crippen LogP contribution in [0.3, 0.4) is 0 Å². The third kappa shape index (κ3) is 4.80. The molecule has 1 fully saturated rings. The van der Waals surface area contributed by atoms with E-state index in [0.29, 0.717) is 0 Å². The number of carbonyl (C=O) groups is 4. The Morgan fingerprint density at radius 3 is 2.75 bits per heavy atom. The maximum atomic E-state index is 12.6. The summed E-state index contributed by atoms with van der Waals surface area (Å²) in [5, 5.41) is 15.5. The highest BCUT2D eigenvalue weighted by atomic mass is 32.2. The largest absolute Gasteiger partial charge is 0.477 e. The number of anilines is 1. The lowest BCUT2D eigenvalue weighted by Gasteiger charge is -2.49. The van der Waals surface area contributed by atoms with Crippen LogP contribution < -0.4 is 11.1 Å². The van der Waals surface area contributed by atoms with E-state index >= 15 is 0 Å². The highest BCUT2D eigenvalue weighted by Gasteiger charge is 2.54. The standard InChI is InChI=1S/C16H15F2N5O7S2/c1-5(24)29-2-6-3-31-13-9(12(26)23(13)10(6)14(27)28)21-11(25)8(22-30-15(17)18)7-4-32-16(19)20-7/h4,9,13,15H,2-3H2,1H3,(H2,19,20)(H,21,25)(H,27,28)/b22-8+/t9?,13-/m1/s1. The molecule has 0 saturated carbocycles. The zero-order chi connectivity index (χ0) is 23.6. The van der Waals surface area contributed by atoms with Gasteiger partial charge in [0.05, 0.1) is 0 Å². The van der Waals surface area contributed by atoms with Gasteiger partial charge in [0.2, 0.25) is 0 Å². The third-order valence-corrected chi connectivity index (χ3v) is 6.20. The fourth-order valence-corrected chi connectivity index (χ4v) is 4.76. The molecular formula is C16H15F2N5O7S2. The molecular weight excluding hydrogens is 476 g/mol. The Morgan fingerprint density at radius 2 is 2.19 bits per heavy atom. The molecule has 2 aliphatic rings. The summed E-state index contributed by atoms with van der Waals surface area (Å²) >= 11 is 2.06. The lowest BCUT2D eigenvalue weighted by molar-refractivity contribution is -0.150. The number of carbonyl (C=O) groups excluding carboxylic acids is 3. The second-order valence-corrected chi connectivity index (χ2v) is 8.27. The fourth-order valence-electron chi connectivity index (χ4n) is 2.89. The molecule has 12 nitrogen and oxygen atoms in total. The summed E-state index contributed by atoms with van der Waals surface area (Å²) in [6, 6.07) is -1.16. The van der Waals surface area contributed by atoms with Gasteiger partial charge in [0, 0.05) is 23.6 Å². The maximum Gasteiger partial charge on any atom is 0.407 e. The van der Waals surface area contributed by atoms with Crippen LogP contribution in [0.2, 0.25) is 0 Å². The number of nitrogen functional groups attached to an aromatic ring is 1. The molecule has 1 unspecified atom stereocenters. The van der Waals surface area contributed by atoms with Gasteiger partial charge in [-0.05, 0) is 0 Å². The molecule has 1 saturated heterocycles. The Kier molecular flexibility index (Phi) is 6.93. The molecule has 2 aliphatic heterocycles. The van der Waals surface area contributed by atoms with E-state index in [9.17, 15) is 33.1 Å². The number of nitrogens with one attached hydrogen (secondary N) is 1.